The molecule has 2 bridgehead atoms. The second kappa shape index (κ2) is 11.8. The van der Waals surface area contributed by atoms with E-state index in [1.807, 2.05) is 24.3 Å². The molecule has 4 atom stereocenters. The van der Waals surface area contributed by atoms with Gasteiger partial charge in [-0.1, -0.05) is 48.5 Å². The minimum absolute atomic E-state index is 0.0218. The predicted octanol–water partition coefficient (Wildman–Crippen LogP) is 5.99. The number of likely N-dealkylation sites (tertiary alicyclic amines) is 1. The number of methoxy groups -OCH3 is 1. The molecule has 3 aliphatic rings. The minimum Gasteiger partial charge on any atom is -0.504 e. The van der Waals surface area contributed by atoms with E-state index in [0.29, 0.717) is 37.9 Å². The fourth-order valence-electron chi connectivity index (χ4n) is 8.17. The molecular formula is C36H39F3N2O4. The number of nitrogens with zero attached hydrogens (tertiary/aromatic N) is 2. The molecule has 1 unspecified atom stereocenters. The van der Waals surface area contributed by atoms with Gasteiger partial charge >= 0.3 is 6.18 Å². The van der Waals surface area contributed by atoms with Crippen molar-refractivity contribution in [1.29, 1.82) is 0 Å². The molecule has 2 aliphatic carbocycles. The van der Waals surface area contributed by atoms with E-state index >= 15 is 0 Å². The topological polar surface area (TPSA) is 73.2 Å². The Morgan fingerprint density at radius 3 is 2.62 bits per heavy atom. The Bertz CT molecular complexity index is 1590. The van der Waals surface area contributed by atoms with E-state index in [2.05, 4.69) is 17.0 Å². The number of ether oxygens (including phenoxy) is 1. The fourth-order valence-corrected chi connectivity index (χ4v) is 8.17. The molecule has 3 aromatic rings. The Labute approximate surface area is 261 Å². The lowest BCUT2D eigenvalue weighted by molar-refractivity contribution is -0.177. The second-order valence-corrected chi connectivity index (χ2v) is 12.7. The van der Waals surface area contributed by atoms with E-state index in [1.165, 1.54) is 37.0 Å². The summed E-state index contributed by atoms with van der Waals surface area (Å²) in [6.07, 6.45) is 1.86. The van der Waals surface area contributed by atoms with E-state index in [4.69, 9.17) is 4.74 Å². The van der Waals surface area contributed by atoms with Crippen LogP contribution in [0.4, 0.5) is 13.2 Å². The average molecular weight is 621 g/mol. The molecule has 0 spiro atoms. The van der Waals surface area contributed by atoms with Crippen LogP contribution in [0.15, 0.2) is 72.8 Å². The largest absolute Gasteiger partial charge is 0.504 e. The number of aliphatic hydroxyl groups is 1. The van der Waals surface area contributed by atoms with Crippen LogP contribution in [-0.4, -0.2) is 70.9 Å². The third kappa shape index (κ3) is 5.50. The summed E-state index contributed by atoms with van der Waals surface area (Å²) in [5.41, 5.74) is 0.750. The van der Waals surface area contributed by atoms with Crippen molar-refractivity contribution in [1.82, 2.24) is 9.80 Å². The van der Waals surface area contributed by atoms with Crippen molar-refractivity contribution in [2.75, 3.05) is 27.2 Å². The summed E-state index contributed by atoms with van der Waals surface area (Å²) in [5, 5.41) is 23.6. The number of halogens is 3. The summed E-state index contributed by atoms with van der Waals surface area (Å²) in [4.78, 5) is 17.4. The standard InChI is InChI=1S/C36H39F3N2O4/c1-40(31(43)14-11-25-9-6-10-27(21-25)36(37,38)39)28-15-17-35(44)30-22-26-12-13-29(42)33(45-2)32(26)34(35,23-28)18-20-41(30)19-16-24-7-4-3-5-8-24/h3-14,21,28,30,42,44H,15-20,22-23H2,1-2H3/b14-11+/t28?,30-,34-,35-/m1/s1. The van der Waals surface area contributed by atoms with Crippen molar-refractivity contribution in [2.45, 2.75) is 67.8 Å². The maximum Gasteiger partial charge on any atom is 0.416 e. The van der Waals surface area contributed by atoms with Crippen LogP contribution < -0.4 is 4.74 Å². The van der Waals surface area contributed by atoms with Gasteiger partial charge in [-0.2, -0.15) is 13.2 Å². The first-order valence-corrected chi connectivity index (χ1v) is 15.5. The maximum atomic E-state index is 13.4. The van der Waals surface area contributed by atoms with E-state index in [-0.39, 0.29) is 29.3 Å². The number of aromatic hydroxyl groups is 1. The van der Waals surface area contributed by atoms with Gasteiger partial charge < -0.3 is 19.8 Å². The van der Waals surface area contributed by atoms with E-state index in [9.17, 15) is 28.2 Å². The van der Waals surface area contributed by atoms with Gasteiger partial charge in [0.25, 0.3) is 0 Å². The summed E-state index contributed by atoms with van der Waals surface area (Å²) < 4.78 is 45.3. The van der Waals surface area contributed by atoms with E-state index < -0.39 is 22.8 Å². The number of rotatable bonds is 7. The molecule has 0 aromatic heterocycles. The summed E-state index contributed by atoms with van der Waals surface area (Å²) in [5.74, 6) is 0.0738. The van der Waals surface area contributed by atoms with Crippen molar-refractivity contribution < 1.29 is 32.9 Å². The molecule has 6 rings (SSSR count). The number of hydrogen-bond donors (Lipinski definition) is 2. The van der Waals surface area contributed by atoms with Crippen LogP contribution in [0, 0.1) is 0 Å². The molecule has 2 N–H and O–H groups in total. The Kier molecular flexibility index (Phi) is 8.20. The summed E-state index contributed by atoms with van der Waals surface area (Å²) >= 11 is 0. The van der Waals surface area contributed by atoms with Gasteiger partial charge in [0.2, 0.25) is 5.91 Å². The van der Waals surface area contributed by atoms with Gasteiger partial charge in [-0.15, -0.1) is 0 Å². The molecule has 3 aromatic carbocycles. The number of benzene rings is 3. The van der Waals surface area contributed by atoms with Crippen LogP contribution in [0.25, 0.3) is 6.08 Å². The zero-order chi connectivity index (χ0) is 32.0. The molecule has 45 heavy (non-hydrogen) atoms. The molecule has 1 heterocycles. The van der Waals surface area contributed by atoms with Crippen LogP contribution in [0.5, 0.6) is 11.5 Å². The lowest BCUT2D eigenvalue weighted by atomic mass is 9.48. The maximum absolute atomic E-state index is 13.4. The molecule has 1 aliphatic heterocycles. The molecule has 0 radical (unpaired) electrons. The van der Waals surface area contributed by atoms with Crippen molar-refractivity contribution in [3.63, 3.8) is 0 Å². The van der Waals surface area contributed by atoms with E-state index in [0.717, 1.165) is 42.8 Å². The van der Waals surface area contributed by atoms with Crippen LogP contribution in [-0.2, 0) is 29.2 Å². The lowest BCUT2D eigenvalue weighted by Gasteiger charge is -2.65. The van der Waals surface area contributed by atoms with Gasteiger partial charge in [0.1, 0.15) is 0 Å². The smallest absolute Gasteiger partial charge is 0.416 e. The number of likely N-dealkylation sites (N-methyl/N-ethyl adjacent to an activating group) is 1. The van der Waals surface area contributed by atoms with Crippen molar-refractivity contribution in [2.24, 2.45) is 0 Å². The molecule has 1 amide bonds. The third-order valence-corrected chi connectivity index (χ3v) is 10.5. The zero-order valence-electron chi connectivity index (χ0n) is 25.6. The van der Waals surface area contributed by atoms with Gasteiger partial charge in [-0.05, 0) is 86.0 Å². The molecule has 1 saturated heterocycles. The van der Waals surface area contributed by atoms with Crippen LogP contribution in [0.3, 0.4) is 0 Å². The normalized spacial score (nSPS) is 26.3. The quantitative estimate of drug-likeness (QED) is 0.318. The first kappa shape index (κ1) is 31.2. The van der Waals surface area contributed by atoms with Crippen LogP contribution in [0.1, 0.15) is 53.5 Å². The molecular weight excluding hydrogens is 581 g/mol. The molecule has 2 fully saturated rings. The minimum atomic E-state index is -4.47. The lowest BCUT2D eigenvalue weighted by Crippen LogP contribution is -2.74. The number of phenols is 1. The highest BCUT2D eigenvalue weighted by Gasteiger charge is 2.66. The molecule has 1 saturated carbocycles. The van der Waals surface area contributed by atoms with Crippen molar-refractivity contribution >= 4 is 12.0 Å². The summed E-state index contributed by atoms with van der Waals surface area (Å²) in [6.45, 7) is 1.55. The number of hydrogen-bond acceptors (Lipinski definition) is 5. The highest BCUT2D eigenvalue weighted by atomic mass is 19.4. The average Bonchev–Trinajstić information content (AvgIpc) is 3.03. The SMILES string of the molecule is COc1c(O)ccc2c1[C@]13CCN(CCc4ccccc4)[C@H](C2)[C@]1(O)CCC(N(C)C(=O)/C=C/c1cccc(C(F)(F)F)c1)C3. The third-order valence-electron chi connectivity index (χ3n) is 10.5. The number of piperidine rings is 1. The number of phenolic OH excluding ortho intramolecular Hbond substituents is 1. The van der Waals surface area contributed by atoms with Crippen LogP contribution >= 0.6 is 0 Å². The first-order chi connectivity index (χ1) is 21.5. The number of carbonyl (C=O) groups is 1. The van der Waals surface area contributed by atoms with Gasteiger partial charge in [0.15, 0.2) is 11.5 Å². The number of amides is 1. The zero-order valence-corrected chi connectivity index (χ0v) is 25.6. The van der Waals surface area contributed by atoms with Crippen LogP contribution in [0.2, 0.25) is 0 Å². The molecule has 6 nitrogen and oxygen atoms in total. The highest BCUT2D eigenvalue weighted by molar-refractivity contribution is 5.91. The van der Waals surface area contributed by atoms with Gasteiger partial charge in [-0.3, -0.25) is 9.69 Å². The number of fused-ring (bicyclic) bond motifs is 1. The fraction of sp³-hybridized carbons (Fsp3) is 0.417. The van der Waals surface area contributed by atoms with E-state index in [1.54, 1.807) is 18.0 Å². The highest BCUT2D eigenvalue weighted by Crippen LogP contribution is 2.61. The summed E-state index contributed by atoms with van der Waals surface area (Å²) in [6, 6.07) is 18.4. The monoisotopic (exact) mass is 620 g/mol. The Morgan fingerprint density at radius 2 is 1.89 bits per heavy atom. The van der Waals surface area contributed by atoms with Gasteiger partial charge in [-0.25, -0.2) is 0 Å². The Morgan fingerprint density at radius 1 is 1.11 bits per heavy atom. The molecule has 9 heteroatoms. The Hall–Kier alpha value is -3.82. The van der Waals surface area contributed by atoms with Gasteiger partial charge in [0, 0.05) is 42.7 Å². The second-order valence-electron chi connectivity index (χ2n) is 12.7. The Balaban J connectivity index is 1.29. The number of carbonyl (C=O) groups excluding carboxylic acids is 1. The predicted molar refractivity (Wildman–Crippen MR) is 166 cm³/mol. The first-order valence-electron chi connectivity index (χ1n) is 15.5. The number of alkyl halides is 3. The van der Waals surface area contributed by atoms with Gasteiger partial charge in [0.05, 0.1) is 18.3 Å². The van der Waals surface area contributed by atoms with Crippen molar-refractivity contribution in [3.8, 4) is 11.5 Å². The van der Waals surface area contributed by atoms with Crippen molar-refractivity contribution in [3.05, 3.63) is 101 Å². The summed E-state index contributed by atoms with van der Waals surface area (Å²) in [7, 11) is 3.24. The molecule has 238 valence electrons.